The summed E-state index contributed by atoms with van der Waals surface area (Å²) in [5.74, 6) is -3.42. The molecule has 0 aliphatic heterocycles. The fourth-order valence-corrected chi connectivity index (χ4v) is 2.56. The Morgan fingerprint density at radius 2 is 2.00 bits per heavy atom. The minimum atomic E-state index is -4.36. The molecular weight excluding hydrogens is 281 g/mol. The van der Waals surface area contributed by atoms with Crippen LogP contribution in [-0.2, 0) is 19.6 Å². The zero-order valence-corrected chi connectivity index (χ0v) is 10.3. The number of amides is 1. The second kappa shape index (κ2) is 5.71. The summed E-state index contributed by atoms with van der Waals surface area (Å²) in [5.41, 5.74) is 4.85. The Balaban J connectivity index is 3.18. The van der Waals surface area contributed by atoms with Crippen molar-refractivity contribution in [2.75, 3.05) is 13.1 Å². The second-order valence-electron chi connectivity index (χ2n) is 3.47. The summed E-state index contributed by atoms with van der Waals surface area (Å²) in [5, 5.41) is 8.61. The lowest BCUT2D eigenvalue weighted by atomic mass is 10.5. The van der Waals surface area contributed by atoms with Crippen LogP contribution in [0.2, 0.25) is 0 Å². The first kappa shape index (κ1) is 15.0. The fraction of sp³-hybridized carbons (Fsp3) is 0.222. The van der Waals surface area contributed by atoms with Crippen LogP contribution in [0.25, 0.3) is 0 Å². The van der Waals surface area contributed by atoms with Crippen LogP contribution in [0.5, 0.6) is 0 Å². The molecule has 0 saturated heterocycles. The van der Waals surface area contributed by atoms with E-state index < -0.39 is 45.7 Å². The Bertz CT molecular complexity index is 588. The molecule has 0 aliphatic rings. The molecule has 19 heavy (non-hydrogen) atoms. The number of rotatable bonds is 6. The first-order valence-electron chi connectivity index (χ1n) is 4.84. The molecule has 104 valence electrons. The van der Waals surface area contributed by atoms with Gasteiger partial charge in [0.2, 0.25) is 15.9 Å². The number of aliphatic carboxylic acids is 1. The van der Waals surface area contributed by atoms with Crippen LogP contribution < -0.4 is 5.73 Å². The Labute approximate surface area is 107 Å². The lowest BCUT2D eigenvalue weighted by Gasteiger charge is -2.18. The third-order valence-electron chi connectivity index (χ3n) is 1.96. The zero-order chi connectivity index (χ0) is 14.6. The van der Waals surface area contributed by atoms with E-state index >= 15 is 0 Å². The Hall–Kier alpha value is -2.07. The molecule has 1 heterocycles. The van der Waals surface area contributed by atoms with Crippen molar-refractivity contribution in [1.29, 1.82) is 0 Å². The second-order valence-corrected chi connectivity index (χ2v) is 5.41. The molecule has 8 nitrogen and oxygen atoms in total. The van der Waals surface area contributed by atoms with Crippen molar-refractivity contribution in [3.63, 3.8) is 0 Å². The van der Waals surface area contributed by atoms with Crippen molar-refractivity contribution in [3.8, 4) is 0 Å². The molecule has 10 heteroatoms. The van der Waals surface area contributed by atoms with Crippen molar-refractivity contribution in [3.05, 3.63) is 24.3 Å². The van der Waals surface area contributed by atoms with Gasteiger partial charge in [-0.1, -0.05) is 0 Å². The quantitative estimate of drug-likeness (QED) is 0.675. The zero-order valence-electron chi connectivity index (χ0n) is 9.48. The summed E-state index contributed by atoms with van der Waals surface area (Å²) in [6.45, 7) is -1.80. The van der Waals surface area contributed by atoms with Crippen LogP contribution in [0.1, 0.15) is 0 Å². The first-order valence-corrected chi connectivity index (χ1v) is 6.28. The van der Waals surface area contributed by atoms with Crippen LogP contribution in [0.4, 0.5) is 4.39 Å². The average molecular weight is 291 g/mol. The molecule has 1 aromatic rings. The molecule has 0 radical (unpaired) electrons. The number of carbonyl (C=O) groups is 2. The van der Waals surface area contributed by atoms with E-state index in [-0.39, 0.29) is 0 Å². The maximum Gasteiger partial charge on any atom is 0.318 e. The number of aromatic nitrogens is 1. The predicted molar refractivity (Wildman–Crippen MR) is 59.8 cm³/mol. The van der Waals surface area contributed by atoms with Gasteiger partial charge in [-0.05, 0) is 6.07 Å². The average Bonchev–Trinajstić information content (AvgIpc) is 2.26. The third kappa shape index (κ3) is 3.96. The molecule has 0 saturated carbocycles. The Morgan fingerprint density at radius 1 is 1.37 bits per heavy atom. The van der Waals surface area contributed by atoms with Crippen LogP contribution in [0.3, 0.4) is 0 Å². The number of hydrogen-bond donors (Lipinski definition) is 2. The van der Waals surface area contributed by atoms with Gasteiger partial charge in [0.15, 0.2) is 0 Å². The largest absolute Gasteiger partial charge is 0.480 e. The Morgan fingerprint density at radius 3 is 2.47 bits per heavy atom. The number of sulfonamides is 1. The standard InChI is InChI=1S/C9H10FN3O5S/c10-6-1-7(3-12-2-6)19(17,18)13(4-8(11)14)5-9(15)16/h1-3H,4-5H2,(H2,11,14)(H,15,16). The van der Waals surface area contributed by atoms with Gasteiger partial charge in [-0.15, -0.1) is 0 Å². The first-order chi connectivity index (χ1) is 8.73. The summed E-state index contributed by atoms with van der Waals surface area (Å²) in [7, 11) is -4.36. The van der Waals surface area contributed by atoms with E-state index in [0.717, 1.165) is 12.4 Å². The van der Waals surface area contributed by atoms with E-state index in [2.05, 4.69) is 4.98 Å². The van der Waals surface area contributed by atoms with Crippen LogP contribution >= 0.6 is 0 Å². The summed E-state index contributed by atoms with van der Waals surface area (Å²) >= 11 is 0. The number of pyridine rings is 1. The number of nitrogens with zero attached hydrogens (tertiary/aromatic N) is 2. The van der Waals surface area contributed by atoms with E-state index in [1.165, 1.54) is 0 Å². The maximum atomic E-state index is 12.9. The minimum Gasteiger partial charge on any atom is -0.480 e. The monoisotopic (exact) mass is 291 g/mol. The minimum absolute atomic E-state index is 0.327. The molecular formula is C9H10FN3O5S. The molecule has 3 N–H and O–H groups in total. The van der Waals surface area contributed by atoms with Crippen molar-refractivity contribution in [1.82, 2.24) is 9.29 Å². The van der Waals surface area contributed by atoms with Gasteiger partial charge < -0.3 is 10.8 Å². The van der Waals surface area contributed by atoms with Crippen LogP contribution in [0.15, 0.2) is 23.4 Å². The van der Waals surface area contributed by atoms with Gasteiger partial charge in [-0.2, -0.15) is 4.31 Å². The summed E-state index contributed by atoms with van der Waals surface area (Å²) in [6, 6.07) is 0.665. The molecule has 1 aromatic heterocycles. The highest BCUT2D eigenvalue weighted by atomic mass is 32.2. The molecule has 0 aromatic carbocycles. The van der Waals surface area contributed by atoms with E-state index in [9.17, 15) is 22.4 Å². The maximum absolute atomic E-state index is 12.9. The molecule has 0 spiro atoms. The van der Waals surface area contributed by atoms with Gasteiger partial charge in [0.1, 0.15) is 17.3 Å². The lowest BCUT2D eigenvalue weighted by molar-refractivity contribution is -0.137. The van der Waals surface area contributed by atoms with E-state index in [4.69, 9.17) is 10.8 Å². The molecule has 0 bridgehead atoms. The van der Waals surface area contributed by atoms with Crippen molar-refractivity contribution >= 4 is 21.9 Å². The van der Waals surface area contributed by atoms with Gasteiger partial charge in [0, 0.05) is 6.20 Å². The van der Waals surface area contributed by atoms with E-state index in [0.29, 0.717) is 10.4 Å². The molecule has 0 fully saturated rings. The number of hydrogen-bond acceptors (Lipinski definition) is 5. The normalized spacial score (nSPS) is 11.5. The topological polar surface area (TPSA) is 131 Å². The van der Waals surface area contributed by atoms with Gasteiger partial charge in [0.05, 0.1) is 12.7 Å². The molecule has 0 unspecified atom stereocenters. The highest BCUT2D eigenvalue weighted by Crippen LogP contribution is 2.15. The highest BCUT2D eigenvalue weighted by molar-refractivity contribution is 7.89. The van der Waals surface area contributed by atoms with E-state index in [1.807, 2.05) is 0 Å². The molecule has 1 amide bonds. The van der Waals surface area contributed by atoms with Crippen molar-refractivity contribution in [2.24, 2.45) is 5.73 Å². The van der Waals surface area contributed by atoms with Crippen molar-refractivity contribution < 1.29 is 27.5 Å². The van der Waals surface area contributed by atoms with Gasteiger partial charge >= 0.3 is 5.97 Å². The highest BCUT2D eigenvalue weighted by Gasteiger charge is 2.28. The van der Waals surface area contributed by atoms with Crippen LogP contribution in [-0.4, -0.2) is 47.8 Å². The lowest BCUT2D eigenvalue weighted by Crippen LogP contribution is -2.41. The van der Waals surface area contributed by atoms with Gasteiger partial charge in [-0.25, -0.2) is 12.8 Å². The predicted octanol–water partition coefficient (Wildman–Crippen LogP) is -1.22. The third-order valence-corrected chi connectivity index (χ3v) is 3.72. The molecule has 1 rings (SSSR count). The number of primary amides is 1. The number of carbonyl (C=O) groups excluding carboxylic acids is 1. The summed E-state index contributed by atoms with van der Waals surface area (Å²) in [4.78, 5) is 24.1. The fourth-order valence-electron chi connectivity index (χ4n) is 1.23. The number of carboxylic acids is 1. The van der Waals surface area contributed by atoms with E-state index in [1.54, 1.807) is 0 Å². The molecule has 0 aliphatic carbocycles. The van der Waals surface area contributed by atoms with Crippen LogP contribution in [0, 0.1) is 5.82 Å². The number of halogens is 1. The van der Waals surface area contributed by atoms with Crippen molar-refractivity contribution in [2.45, 2.75) is 4.90 Å². The summed E-state index contributed by atoms with van der Waals surface area (Å²) < 4.78 is 37.3. The molecule has 0 atom stereocenters. The van der Waals surface area contributed by atoms with Gasteiger partial charge in [-0.3, -0.25) is 14.6 Å². The SMILES string of the molecule is NC(=O)CN(CC(=O)O)S(=O)(=O)c1cncc(F)c1. The number of nitrogens with two attached hydrogens (primary N) is 1. The summed E-state index contributed by atoms with van der Waals surface area (Å²) in [6.07, 6.45) is 1.63. The smallest absolute Gasteiger partial charge is 0.318 e. The number of carboxylic acid groups (broad SMARTS) is 1. The Kier molecular flexibility index (Phi) is 4.51. The van der Waals surface area contributed by atoms with Gasteiger partial charge in [0.25, 0.3) is 0 Å².